The average molecular weight is 230 g/mol. The highest BCUT2D eigenvalue weighted by Crippen LogP contribution is 2.15. The van der Waals surface area contributed by atoms with Gasteiger partial charge in [0.05, 0.1) is 18.2 Å². The van der Waals surface area contributed by atoms with Crippen LogP contribution in [0.4, 0.5) is 8.78 Å². The predicted octanol–water partition coefficient (Wildman–Crippen LogP) is 2.62. The van der Waals surface area contributed by atoms with Crippen LogP contribution in [0.3, 0.4) is 0 Å². The Morgan fingerprint density at radius 2 is 2.06 bits per heavy atom. The number of carbonyl (C=O) groups excluding carboxylic acids is 1. The van der Waals surface area contributed by atoms with E-state index in [0.29, 0.717) is 5.69 Å². The normalized spacial score (nSPS) is 11.4. The summed E-state index contributed by atoms with van der Waals surface area (Å²) in [5.74, 6) is -1.07. The monoisotopic (exact) mass is 230 g/mol. The van der Waals surface area contributed by atoms with Crippen molar-refractivity contribution in [3.63, 3.8) is 0 Å². The lowest BCUT2D eigenvalue weighted by Crippen LogP contribution is -2.14. The molecule has 90 valence electrons. The van der Waals surface area contributed by atoms with Gasteiger partial charge in [0, 0.05) is 6.20 Å². The first-order valence-electron chi connectivity index (χ1n) is 5.43. The first kappa shape index (κ1) is 12.8. The van der Waals surface area contributed by atoms with Crippen LogP contribution in [0.25, 0.3) is 0 Å². The van der Waals surface area contributed by atoms with Crippen LogP contribution in [0.1, 0.15) is 38.4 Å². The molecule has 1 heterocycles. The largest absolute Gasteiger partial charge is 0.296 e. The minimum absolute atomic E-state index is 0.274. The lowest BCUT2D eigenvalue weighted by atomic mass is 10.2. The molecule has 0 spiro atoms. The minimum atomic E-state index is -2.90. The molecule has 0 saturated carbocycles. The van der Waals surface area contributed by atoms with Gasteiger partial charge < -0.3 is 0 Å². The van der Waals surface area contributed by atoms with E-state index in [2.05, 4.69) is 5.10 Å². The fourth-order valence-electron chi connectivity index (χ4n) is 1.59. The summed E-state index contributed by atoms with van der Waals surface area (Å²) in [7, 11) is 0. The van der Waals surface area contributed by atoms with E-state index in [4.69, 9.17) is 0 Å². The highest BCUT2D eigenvalue weighted by molar-refractivity contribution is 5.83. The first-order valence-corrected chi connectivity index (χ1v) is 5.43. The topological polar surface area (TPSA) is 34.9 Å². The minimum Gasteiger partial charge on any atom is -0.293 e. The summed E-state index contributed by atoms with van der Waals surface area (Å²) in [5, 5.41) is 4.14. The number of rotatable bonds is 6. The van der Waals surface area contributed by atoms with Crippen molar-refractivity contribution in [3.8, 4) is 0 Å². The fraction of sp³-hybridized carbons (Fsp3) is 0.636. The van der Waals surface area contributed by atoms with E-state index in [-0.39, 0.29) is 12.5 Å². The number of Topliss-reactive ketones (excluding diaryl/α,β-unsaturated/α-hetero) is 1. The Balaban J connectivity index is 2.68. The van der Waals surface area contributed by atoms with Crippen molar-refractivity contribution in [1.29, 1.82) is 0 Å². The van der Waals surface area contributed by atoms with Gasteiger partial charge in [0.15, 0.2) is 0 Å². The van der Waals surface area contributed by atoms with E-state index in [1.54, 1.807) is 16.9 Å². The van der Waals surface area contributed by atoms with E-state index in [1.807, 2.05) is 13.8 Å². The number of hydrogen-bond donors (Lipinski definition) is 0. The molecule has 0 aromatic carbocycles. The van der Waals surface area contributed by atoms with Crippen LogP contribution in [0.15, 0.2) is 12.3 Å². The third kappa shape index (κ3) is 3.12. The summed E-state index contributed by atoms with van der Waals surface area (Å²) in [4.78, 5) is 10.8. The van der Waals surface area contributed by atoms with Gasteiger partial charge in [-0.2, -0.15) is 5.10 Å². The molecule has 5 heteroatoms. The summed E-state index contributed by atoms with van der Waals surface area (Å²) in [6.07, 6.45) is 0.413. The molecule has 0 aliphatic heterocycles. The van der Waals surface area contributed by atoms with Crippen molar-refractivity contribution >= 4 is 5.78 Å². The zero-order valence-electron chi connectivity index (χ0n) is 9.49. The molecule has 0 fully saturated rings. The fourth-order valence-corrected chi connectivity index (χ4v) is 1.59. The Bertz CT molecular complexity index is 346. The summed E-state index contributed by atoms with van der Waals surface area (Å²) >= 11 is 0. The second kappa shape index (κ2) is 5.72. The molecule has 0 bridgehead atoms. The molecule has 1 aromatic heterocycles. The second-order valence-electron chi connectivity index (χ2n) is 3.70. The lowest BCUT2D eigenvalue weighted by molar-refractivity contribution is -0.128. The zero-order valence-corrected chi connectivity index (χ0v) is 9.49. The van der Waals surface area contributed by atoms with Crippen LogP contribution in [0, 0.1) is 0 Å². The van der Waals surface area contributed by atoms with E-state index in [9.17, 15) is 13.6 Å². The number of aromatic nitrogens is 2. The smallest absolute Gasteiger partial charge is 0.293 e. The Kier molecular flexibility index (Phi) is 4.58. The lowest BCUT2D eigenvalue weighted by Gasteiger charge is -2.12. The summed E-state index contributed by atoms with van der Waals surface area (Å²) in [6, 6.07) is 1.90. The van der Waals surface area contributed by atoms with Crippen molar-refractivity contribution in [2.45, 2.75) is 45.6 Å². The number of alkyl halides is 2. The number of nitrogens with zero attached hydrogens (tertiary/aromatic N) is 2. The SMILES string of the molecule is CCC(CC)n1ccc(CC(=O)C(F)F)n1. The van der Waals surface area contributed by atoms with E-state index in [1.165, 1.54) is 0 Å². The maximum atomic E-state index is 12.0. The van der Waals surface area contributed by atoms with Crippen LogP contribution in [-0.4, -0.2) is 22.0 Å². The highest BCUT2D eigenvalue weighted by Gasteiger charge is 2.17. The van der Waals surface area contributed by atoms with Crippen molar-refractivity contribution in [2.75, 3.05) is 0 Å². The van der Waals surface area contributed by atoms with Gasteiger partial charge in [-0.25, -0.2) is 8.78 Å². The van der Waals surface area contributed by atoms with Gasteiger partial charge in [0.1, 0.15) is 0 Å². The zero-order chi connectivity index (χ0) is 12.1. The van der Waals surface area contributed by atoms with Crippen molar-refractivity contribution in [3.05, 3.63) is 18.0 Å². The van der Waals surface area contributed by atoms with Crippen LogP contribution in [-0.2, 0) is 11.2 Å². The molecule has 1 rings (SSSR count). The van der Waals surface area contributed by atoms with Gasteiger partial charge in [-0.3, -0.25) is 9.48 Å². The summed E-state index contributed by atoms with van der Waals surface area (Å²) in [5.41, 5.74) is 0.414. The van der Waals surface area contributed by atoms with Gasteiger partial charge in [0.2, 0.25) is 5.78 Å². The maximum absolute atomic E-state index is 12.0. The molecular weight excluding hydrogens is 214 g/mol. The van der Waals surface area contributed by atoms with E-state index < -0.39 is 12.2 Å². The molecule has 0 aliphatic rings. The molecule has 0 unspecified atom stereocenters. The molecule has 0 radical (unpaired) electrons. The second-order valence-corrected chi connectivity index (χ2v) is 3.70. The van der Waals surface area contributed by atoms with Gasteiger partial charge in [-0.15, -0.1) is 0 Å². The van der Waals surface area contributed by atoms with Crippen molar-refractivity contribution in [2.24, 2.45) is 0 Å². The van der Waals surface area contributed by atoms with Gasteiger partial charge in [0.25, 0.3) is 6.43 Å². The van der Waals surface area contributed by atoms with Crippen LogP contribution in [0.5, 0.6) is 0 Å². The van der Waals surface area contributed by atoms with Gasteiger partial charge in [-0.1, -0.05) is 13.8 Å². The maximum Gasteiger partial charge on any atom is 0.296 e. The van der Waals surface area contributed by atoms with Crippen molar-refractivity contribution in [1.82, 2.24) is 9.78 Å². The molecule has 0 saturated heterocycles. The van der Waals surface area contributed by atoms with E-state index >= 15 is 0 Å². The molecular formula is C11H16F2N2O. The Morgan fingerprint density at radius 1 is 1.44 bits per heavy atom. The standard InChI is InChI=1S/C11H16F2N2O/c1-3-9(4-2)15-6-5-8(14-15)7-10(16)11(12)13/h5-6,9,11H,3-4,7H2,1-2H3. The average Bonchev–Trinajstić information content (AvgIpc) is 2.68. The molecule has 1 aromatic rings. The molecule has 0 atom stereocenters. The Hall–Kier alpha value is -1.26. The molecule has 0 N–H and O–H groups in total. The third-order valence-electron chi connectivity index (χ3n) is 2.58. The number of hydrogen-bond acceptors (Lipinski definition) is 2. The van der Waals surface area contributed by atoms with Crippen molar-refractivity contribution < 1.29 is 13.6 Å². The third-order valence-corrected chi connectivity index (χ3v) is 2.58. The molecule has 3 nitrogen and oxygen atoms in total. The summed E-state index contributed by atoms with van der Waals surface area (Å²) in [6.45, 7) is 4.08. The number of ketones is 1. The van der Waals surface area contributed by atoms with Gasteiger partial charge in [-0.05, 0) is 18.9 Å². The number of carbonyl (C=O) groups is 1. The van der Waals surface area contributed by atoms with Gasteiger partial charge >= 0.3 is 0 Å². The quantitative estimate of drug-likeness (QED) is 0.753. The first-order chi connectivity index (χ1) is 7.58. The summed E-state index contributed by atoms with van der Waals surface area (Å²) < 4.78 is 25.8. The van der Waals surface area contributed by atoms with E-state index in [0.717, 1.165) is 12.8 Å². The van der Waals surface area contributed by atoms with Crippen LogP contribution in [0.2, 0.25) is 0 Å². The van der Waals surface area contributed by atoms with Crippen LogP contribution < -0.4 is 0 Å². The molecule has 0 amide bonds. The number of halogens is 2. The predicted molar refractivity (Wildman–Crippen MR) is 56.6 cm³/mol. The Labute approximate surface area is 93.5 Å². The highest BCUT2D eigenvalue weighted by atomic mass is 19.3. The van der Waals surface area contributed by atoms with Crippen LogP contribution >= 0.6 is 0 Å². The Morgan fingerprint density at radius 3 is 2.56 bits per heavy atom. The molecule has 16 heavy (non-hydrogen) atoms. The molecule has 0 aliphatic carbocycles.